The van der Waals surface area contributed by atoms with Gasteiger partial charge in [0.15, 0.2) is 0 Å². The van der Waals surface area contributed by atoms with Crippen molar-refractivity contribution in [2.24, 2.45) is 0 Å². The third-order valence-electron chi connectivity index (χ3n) is 9.32. The Kier molecular flexibility index (Phi) is 11.3. The molecule has 4 aliphatic rings. The standard InChI is InChI=1S/C32H42N8O9/c41-20-9-7-19(8-10-20)14-21-29(46)34-16-26(43)39-12-2-5-23(39)31(48)36-18-28(45)40-13-3-6-24(40)32(49)35-17-27(44)38-11-1-4-22(38)30(47)33-15-25(42)37-21/h7-10,21-24,41H,1-6,11-18H2,(H,33,47)(H,34,46)(H,35,49)(H,36,48)(H,37,42)/t21-,22-,23-,24-/m0/s1. The van der Waals surface area contributed by atoms with E-state index in [1.54, 1.807) is 12.1 Å². The number of phenolic OH excluding ortho intramolecular Hbond substituents is 1. The van der Waals surface area contributed by atoms with Crippen LogP contribution in [0.15, 0.2) is 24.3 Å². The zero-order valence-corrected chi connectivity index (χ0v) is 27.1. The molecule has 8 amide bonds. The number of benzene rings is 1. The van der Waals surface area contributed by atoms with Gasteiger partial charge >= 0.3 is 0 Å². The van der Waals surface area contributed by atoms with Crippen LogP contribution < -0.4 is 26.6 Å². The highest BCUT2D eigenvalue weighted by molar-refractivity contribution is 5.97. The van der Waals surface area contributed by atoms with Crippen LogP contribution in [0.5, 0.6) is 5.75 Å². The molecular weight excluding hydrogens is 640 g/mol. The normalized spacial score (nSPS) is 26.9. The first kappa shape index (κ1) is 35.1. The minimum absolute atomic E-state index is 0.00271. The van der Waals surface area contributed by atoms with Crippen LogP contribution in [-0.2, 0) is 44.8 Å². The van der Waals surface area contributed by atoms with Crippen molar-refractivity contribution in [1.29, 1.82) is 0 Å². The maximum atomic E-state index is 13.3. The molecule has 0 spiro atoms. The number of fused-ring (bicyclic) bond motifs is 3. The number of rotatable bonds is 2. The molecule has 4 atom stereocenters. The topological polar surface area (TPSA) is 227 Å². The Balaban J connectivity index is 1.33. The van der Waals surface area contributed by atoms with Gasteiger partial charge in [0.05, 0.1) is 26.2 Å². The number of carbonyl (C=O) groups is 8. The molecule has 49 heavy (non-hydrogen) atoms. The third kappa shape index (κ3) is 8.63. The van der Waals surface area contributed by atoms with Crippen LogP contribution in [0, 0.1) is 0 Å². The molecule has 6 N–H and O–H groups in total. The van der Waals surface area contributed by atoms with Crippen LogP contribution in [0.2, 0.25) is 0 Å². The number of hydrogen-bond donors (Lipinski definition) is 6. The molecule has 1 aromatic rings. The van der Waals surface area contributed by atoms with Gasteiger partial charge in [0, 0.05) is 26.1 Å². The molecule has 17 nitrogen and oxygen atoms in total. The Bertz CT molecular complexity index is 1490. The van der Waals surface area contributed by atoms with Crippen molar-refractivity contribution in [3.05, 3.63) is 29.8 Å². The number of hydrogen-bond acceptors (Lipinski definition) is 9. The Labute approximate surface area is 282 Å². The van der Waals surface area contributed by atoms with Gasteiger partial charge in [-0.25, -0.2) is 0 Å². The Morgan fingerprint density at radius 2 is 0.939 bits per heavy atom. The van der Waals surface area contributed by atoms with Crippen LogP contribution in [-0.4, -0.2) is 137 Å². The molecule has 0 aliphatic carbocycles. The van der Waals surface area contributed by atoms with E-state index in [4.69, 9.17) is 0 Å². The van der Waals surface area contributed by atoms with E-state index in [1.807, 2.05) is 0 Å². The average molecular weight is 683 g/mol. The molecule has 0 radical (unpaired) electrons. The minimum Gasteiger partial charge on any atom is -0.508 e. The molecule has 5 rings (SSSR count). The fourth-order valence-electron chi connectivity index (χ4n) is 6.77. The van der Waals surface area contributed by atoms with Gasteiger partial charge in [-0.3, -0.25) is 38.4 Å². The summed E-state index contributed by atoms with van der Waals surface area (Å²) in [6.07, 6.45) is 2.70. The molecule has 0 unspecified atom stereocenters. The van der Waals surface area contributed by atoms with Crippen molar-refractivity contribution in [2.45, 2.75) is 69.1 Å². The summed E-state index contributed by atoms with van der Waals surface area (Å²) in [5.74, 6) is -4.49. The summed E-state index contributed by atoms with van der Waals surface area (Å²) in [6.45, 7) is -0.903. The van der Waals surface area contributed by atoms with E-state index in [2.05, 4.69) is 26.6 Å². The first-order valence-corrected chi connectivity index (χ1v) is 16.6. The summed E-state index contributed by atoms with van der Waals surface area (Å²) in [6, 6.07) is 2.27. The van der Waals surface area contributed by atoms with E-state index in [9.17, 15) is 43.5 Å². The van der Waals surface area contributed by atoms with Crippen molar-refractivity contribution in [3.8, 4) is 5.75 Å². The first-order chi connectivity index (χ1) is 23.5. The highest BCUT2D eigenvalue weighted by Gasteiger charge is 2.38. The molecule has 4 aliphatic heterocycles. The summed E-state index contributed by atoms with van der Waals surface area (Å²) in [4.78, 5) is 109. The highest BCUT2D eigenvalue weighted by atomic mass is 16.3. The Morgan fingerprint density at radius 3 is 1.37 bits per heavy atom. The van der Waals surface area contributed by atoms with E-state index in [0.717, 1.165) is 0 Å². The number of phenols is 1. The largest absolute Gasteiger partial charge is 0.508 e. The molecular formula is C32H42N8O9. The fraction of sp³-hybridized carbons (Fsp3) is 0.562. The van der Waals surface area contributed by atoms with Crippen molar-refractivity contribution in [3.63, 3.8) is 0 Å². The number of nitrogens with zero attached hydrogens (tertiary/aromatic N) is 3. The smallest absolute Gasteiger partial charge is 0.243 e. The van der Waals surface area contributed by atoms with Gasteiger partial charge in [0.25, 0.3) is 0 Å². The van der Waals surface area contributed by atoms with Crippen LogP contribution in [0.4, 0.5) is 0 Å². The zero-order valence-electron chi connectivity index (χ0n) is 27.1. The maximum Gasteiger partial charge on any atom is 0.243 e. The summed E-state index contributed by atoms with van der Waals surface area (Å²) in [7, 11) is 0. The highest BCUT2D eigenvalue weighted by Crippen LogP contribution is 2.20. The average Bonchev–Trinajstić information content (AvgIpc) is 3.88. The molecule has 264 valence electrons. The number of nitrogens with one attached hydrogen (secondary N) is 5. The molecule has 4 saturated heterocycles. The van der Waals surface area contributed by atoms with Crippen molar-refractivity contribution < 1.29 is 43.5 Å². The molecule has 0 saturated carbocycles. The second-order valence-corrected chi connectivity index (χ2v) is 12.6. The van der Waals surface area contributed by atoms with Gasteiger partial charge in [0.1, 0.15) is 29.9 Å². The lowest BCUT2D eigenvalue weighted by molar-refractivity contribution is -0.142. The van der Waals surface area contributed by atoms with E-state index < -0.39 is 91.1 Å². The molecule has 17 heteroatoms. The lowest BCUT2D eigenvalue weighted by Gasteiger charge is -2.27. The quantitative estimate of drug-likeness (QED) is 0.185. The van der Waals surface area contributed by atoms with Crippen molar-refractivity contribution in [1.82, 2.24) is 41.3 Å². The van der Waals surface area contributed by atoms with E-state index >= 15 is 0 Å². The van der Waals surface area contributed by atoms with Gasteiger partial charge < -0.3 is 46.4 Å². The van der Waals surface area contributed by atoms with Gasteiger partial charge in [-0.2, -0.15) is 0 Å². The van der Waals surface area contributed by atoms with Gasteiger partial charge in [-0.05, 0) is 56.2 Å². The lowest BCUT2D eigenvalue weighted by Crippen LogP contribution is -2.55. The summed E-state index contributed by atoms with van der Waals surface area (Å²) >= 11 is 0. The second kappa shape index (κ2) is 15.8. The Morgan fingerprint density at radius 1 is 0.551 bits per heavy atom. The van der Waals surface area contributed by atoms with E-state index in [0.29, 0.717) is 50.6 Å². The number of aromatic hydroxyl groups is 1. The predicted octanol–water partition coefficient (Wildman–Crippen LogP) is -3.13. The zero-order chi connectivity index (χ0) is 35.1. The number of carbonyl (C=O) groups excluding carboxylic acids is 8. The minimum atomic E-state index is -1.17. The molecule has 1 aromatic carbocycles. The molecule has 4 fully saturated rings. The van der Waals surface area contributed by atoms with Crippen molar-refractivity contribution >= 4 is 47.3 Å². The summed E-state index contributed by atoms with van der Waals surface area (Å²) < 4.78 is 0. The van der Waals surface area contributed by atoms with Crippen LogP contribution in [0.25, 0.3) is 0 Å². The van der Waals surface area contributed by atoms with Crippen LogP contribution in [0.3, 0.4) is 0 Å². The third-order valence-corrected chi connectivity index (χ3v) is 9.32. The van der Waals surface area contributed by atoms with E-state index in [1.165, 1.54) is 26.8 Å². The fourth-order valence-corrected chi connectivity index (χ4v) is 6.77. The summed E-state index contributed by atoms with van der Waals surface area (Å²) in [5.41, 5.74) is 0.597. The van der Waals surface area contributed by atoms with Crippen LogP contribution in [0.1, 0.15) is 44.1 Å². The van der Waals surface area contributed by atoms with Crippen molar-refractivity contribution in [2.75, 3.05) is 45.8 Å². The number of amides is 8. The lowest BCUT2D eigenvalue weighted by atomic mass is 10.0. The van der Waals surface area contributed by atoms with E-state index in [-0.39, 0.29) is 31.8 Å². The van der Waals surface area contributed by atoms with Crippen LogP contribution >= 0.6 is 0 Å². The van der Waals surface area contributed by atoms with Gasteiger partial charge in [-0.1, -0.05) is 12.1 Å². The van der Waals surface area contributed by atoms with Gasteiger partial charge in [0.2, 0.25) is 47.3 Å². The summed E-state index contributed by atoms with van der Waals surface area (Å²) in [5, 5.41) is 22.5. The predicted molar refractivity (Wildman–Crippen MR) is 170 cm³/mol. The molecule has 4 heterocycles. The SMILES string of the molecule is O=C1CNC(=O)[C@@H]2CCCN2C(=O)CNC(=O)[C@@H]2CCCN2C(=O)CNC(=O)[C@@H]2CCCN2C(=O)CNC(=O)[C@H](Cc2ccc(O)cc2)N1. The maximum absolute atomic E-state index is 13.3. The monoisotopic (exact) mass is 682 g/mol. The second-order valence-electron chi connectivity index (χ2n) is 12.6. The van der Waals surface area contributed by atoms with Gasteiger partial charge in [-0.15, -0.1) is 0 Å². The first-order valence-electron chi connectivity index (χ1n) is 16.6. The molecule has 0 aromatic heterocycles. The Hall–Kier alpha value is -5.22. The molecule has 0 bridgehead atoms.